The van der Waals surface area contributed by atoms with Crippen LogP contribution < -0.4 is 10.6 Å². The second-order valence-electron chi connectivity index (χ2n) is 5.54. The predicted octanol–water partition coefficient (Wildman–Crippen LogP) is 1.35. The standard InChI is InChI=1S/C15H22N4O2/c1-18(2)13-5-3-4-12(10-13)15(20)19-8-6-11(7-9-19)14(16)17-21/h3-5,10-11,21H,6-9H2,1-2H3,(H2,16,17). The Morgan fingerprint density at radius 2 is 2.05 bits per heavy atom. The van der Waals surface area contributed by atoms with Gasteiger partial charge in [-0.2, -0.15) is 0 Å². The lowest BCUT2D eigenvalue weighted by atomic mass is 9.95. The van der Waals surface area contributed by atoms with E-state index >= 15 is 0 Å². The number of likely N-dealkylation sites (tertiary alicyclic amines) is 1. The number of nitrogens with zero attached hydrogens (tertiary/aromatic N) is 3. The summed E-state index contributed by atoms with van der Waals surface area (Å²) in [5, 5.41) is 11.8. The number of rotatable bonds is 3. The molecule has 0 atom stereocenters. The molecule has 114 valence electrons. The Bertz CT molecular complexity index is 534. The van der Waals surface area contributed by atoms with E-state index in [1.165, 1.54) is 0 Å². The largest absolute Gasteiger partial charge is 0.409 e. The minimum atomic E-state index is 0.0386. The Kier molecular flexibility index (Phi) is 4.67. The quantitative estimate of drug-likeness (QED) is 0.381. The van der Waals surface area contributed by atoms with Gasteiger partial charge in [-0.3, -0.25) is 4.79 Å². The molecule has 0 spiro atoms. The van der Waals surface area contributed by atoms with Crippen LogP contribution in [0.25, 0.3) is 0 Å². The average Bonchev–Trinajstić information content (AvgIpc) is 2.53. The van der Waals surface area contributed by atoms with Gasteiger partial charge in [0.25, 0.3) is 5.91 Å². The van der Waals surface area contributed by atoms with Gasteiger partial charge in [-0.1, -0.05) is 11.2 Å². The van der Waals surface area contributed by atoms with Crippen LogP contribution >= 0.6 is 0 Å². The highest BCUT2D eigenvalue weighted by Crippen LogP contribution is 2.21. The van der Waals surface area contributed by atoms with Crippen LogP contribution in [-0.2, 0) is 0 Å². The molecule has 0 bridgehead atoms. The number of nitrogens with two attached hydrogens (primary N) is 1. The van der Waals surface area contributed by atoms with E-state index in [-0.39, 0.29) is 17.7 Å². The summed E-state index contributed by atoms with van der Waals surface area (Å²) in [6, 6.07) is 7.61. The Morgan fingerprint density at radius 1 is 1.38 bits per heavy atom. The average molecular weight is 290 g/mol. The van der Waals surface area contributed by atoms with Gasteiger partial charge in [0.15, 0.2) is 0 Å². The zero-order chi connectivity index (χ0) is 15.4. The SMILES string of the molecule is CN(C)c1cccc(C(=O)N2CCC(C(N)=NO)CC2)c1. The van der Waals surface area contributed by atoms with Crippen LogP contribution in [0.3, 0.4) is 0 Å². The smallest absolute Gasteiger partial charge is 0.253 e. The van der Waals surface area contributed by atoms with E-state index in [2.05, 4.69) is 5.16 Å². The number of hydrogen-bond acceptors (Lipinski definition) is 4. The fraction of sp³-hybridized carbons (Fsp3) is 0.467. The first-order valence-corrected chi connectivity index (χ1v) is 7.07. The van der Waals surface area contributed by atoms with Gasteiger partial charge >= 0.3 is 0 Å². The number of carbonyl (C=O) groups excluding carboxylic acids is 1. The van der Waals surface area contributed by atoms with E-state index in [0.29, 0.717) is 18.7 Å². The molecule has 0 saturated carbocycles. The summed E-state index contributed by atoms with van der Waals surface area (Å²) in [7, 11) is 3.90. The van der Waals surface area contributed by atoms with Crippen LogP contribution in [0.5, 0.6) is 0 Å². The number of oxime groups is 1. The second-order valence-corrected chi connectivity index (χ2v) is 5.54. The molecule has 21 heavy (non-hydrogen) atoms. The van der Waals surface area contributed by atoms with Crippen LogP contribution in [0.15, 0.2) is 29.4 Å². The molecular formula is C15H22N4O2. The molecule has 1 heterocycles. The van der Waals surface area contributed by atoms with Gasteiger partial charge in [-0.15, -0.1) is 0 Å². The van der Waals surface area contributed by atoms with Gasteiger partial charge in [0.1, 0.15) is 5.84 Å². The number of benzene rings is 1. The monoisotopic (exact) mass is 290 g/mol. The first-order valence-electron chi connectivity index (χ1n) is 7.07. The summed E-state index contributed by atoms with van der Waals surface area (Å²) in [6.07, 6.45) is 1.46. The topological polar surface area (TPSA) is 82.2 Å². The number of hydrogen-bond donors (Lipinski definition) is 2. The normalized spacial score (nSPS) is 16.9. The number of anilines is 1. The number of carbonyl (C=O) groups is 1. The van der Waals surface area contributed by atoms with Gasteiger partial charge in [0.2, 0.25) is 0 Å². The summed E-state index contributed by atoms with van der Waals surface area (Å²) in [5.41, 5.74) is 7.33. The Labute approximate surface area is 124 Å². The molecule has 1 fully saturated rings. The van der Waals surface area contributed by atoms with Crippen molar-refractivity contribution >= 4 is 17.4 Å². The molecular weight excluding hydrogens is 268 g/mol. The van der Waals surface area contributed by atoms with Gasteiger partial charge < -0.3 is 20.7 Å². The van der Waals surface area contributed by atoms with Crippen molar-refractivity contribution in [3.63, 3.8) is 0 Å². The zero-order valence-corrected chi connectivity index (χ0v) is 12.5. The van der Waals surface area contributed by atoms with Crippen molar-refractivity contribution in [2.24, 2.45) is 16.8 Å². The molecule has 1 aromatic rings. The van der Waals surface area contributed by atoms with E-state index in [0.717, 1.165) is 18.5 Å². The van der Waals surface area contributed by atoms with Crippen molar-refractivity contribution in [2.75, 3.05) is 32.1 Å². The third-order valence-corrected chi connectivity index (χ3v) is 3.93. The van der Waals surface area contributed by atoms with Crippen LogP contribution in [0.4, 0.5) is 5.69 Å². The maximum absolute atomic E-state index is 12.5. The molecule has 1 aliphatic heterocycles. The van der Waals surface area contributed by atoms with Gasteiger partial charge in [-0.25, -0.2) is 0 Å². The number of amides is 1. The van der Waals surface area contributed by atoms with Crippen molar-refractivity contribution in [3.05, 3.63) is 29.8 Å². The minimum Gasteiger partial charge on any atom is -0.409 e. The lowest BCUT2D eigenvalue weighted by Crippen LogP contribution is -2.41. The second kappa shape index (κ2) is 6.47. The van der Waals surface area contributed by atoms with E-state index in [1.54, 1.807) is 0 Å². The molecule has 0 unspecified atom stereocenters. The van der Waals surface area contributed by atoms with Crippen LogP contribution in [0, 0.1) is 5.92 Å². The van der Waals surface area contributed by atoms with Crippen molar-refractivity contribution in [1.29, 1.82) is 0 Å². The molecule has 6 heteroatoms. The van der Waals surface area contributed by atoms with Crippen molar-refractivity contribution in [2.45, 2.75) is 12.8 Å². The fourth-order valence-corrected chi connectivity index (χ4v) is 2.56. The summed E-state index contributed by atoms with van der Waals surface area (Å²) in [6.45, 7) is 1.26. The third-order valence-electron chi connectivity index (χ3n) is 3.93. The number of amidine groups is 1. The molecule has 2 rings (SSSR count). The molecule has 6 nitrogen and oxygen atoms in total. The fourth-order valence-electron chi connectivity index (χ4n) is 2.56. The molecule has 0 aromatic heterocycles. The maximum atomic E-state index is 12.5. The zero-order valence-electron chi connectivity index (χ0n) is 12.5. The molecule has 0 aliphatic carbocycles. The highest BCUT2D eigenvalue weighted by molar-refractivity contribution is 5.95. The predicted molar refractivity (Wildman–Crippen MR) is 82.8 cm³/mol. The van der Waals surface area contributed by atoms with E-state index < -0.39 is 0 Å². The van der Waals surface area contributed by atoms with E-state index in [4.69, 9.17) is 10.9 Å². The van der Waals surface area contributed by atoms with Crippen LogP contribution in [0.1, 0.15) is 23.2 Å². The molecule has 1 saturated heterocycles. The molecule has 1 amide bonds. The van der Waals surface area contributed by atoms with Gasteiger partial charge in [-0.05, 0) is 31.0 Å². The van der Waals surface area contributed by atoms with E-state index in [9.17, 15) is 4.79 Å². The summed E-state index contributed by atoms with van der Waals surface area (Å²) < 4.78 is 0. The highest BCUT2D eigenvalue weighted by Gasteiger charge is 2.26. The maximum Gasteiger partial charge on any atom is 0.253 e. The molecule has 1 aromatic carbocycles. The van der Waals surface area contributed by atoms with Crippen LogP contribution in [-0.4, -0.2) is 49.0 Å². The third kappa shape index (κ3) is 3.45. The molecule has 0 radical (unpaired) electrons. The first kappa shape index (κ1) is 15.2. The van der Waals surface area contributed by atoms with Gasteiger partial charge in [0, 0.05) is 44.4 Å². The van der Waals surface area contributed by atoms with Crippen molar-refractivity contribution < 1.29 is 10.0 Å². The highest BCUT2D eigenvalue weighted by atomic mass is 16.4. The van der Waals surface area contributed by atoms with Gasteiger partial charge in [0.05, 0.1) is 0 Å². The minimum absolute atomic E-state index is 0.0386. The molecule has 3 N–H and O–H groups in total. The Balaban J connectivity index is 2.04. The van der Waals surface area contributed by atoms with Crippen LogP contribution in [0.2, 0.25) is 0 Å². The van der Waals surface area contributed by atoms with Crippen molar-refractivity contribution in [1.82, 2.24) is 4.90 Å². The first-order chi connectivity index (χ1) is 10.0. The van der Waals surface area contributed by atoms with E-state index in [1.807, 2.05) is 48.2 Å². The number of piperidine rings is 1. The lowest BCUT2D eigenvalue weighted by molar-refractivity contribution is 0.0709. The summed E-state index contributed by atoms with van der Waals surface area (Å²) in [5.74, 6) is 0.362. The molecule has 1 aliphatic rings. The summed E-state index contributed by atoms with van der Waals surface area (Å²) >= 11 is 0. The Morgan fingerprint density at radius 3 is 2.62 bits per heavy atom. The Hall–Kier alpha value is -2.24. The van der Waals surface area contributed by atoms with Crippen molar-refractivity contribution in [3.8, 4) is 0 Å². The summed E-state index contributed by atoms with van der Waals surface area (Å²) in [4.78, 5) is 16.3. The lowest BCUT2D eigenvalue weighted by Gasteiger charge is -2.31.